The van der Waals surface area contributed by atoms with Gasteiger partial charge in [0, 0.05) is 0 Å². The summed E-state index contributed by atoms with van der Waals surface area (Å²) in [7, 11) is 0. The first-order chi connectivity index (χ1) is 10.7. The fourth-order valence-electron chi connectivity index (χ4n) is 2.70. The molecule has 2 unspecified atom stereocenters. The number of hydrogen-bond donors (Lipinski definition) is 0. The van der Waals surface area contributed by atoms with E-state index < -0.39 is 6.29 Å². The van der Waals surface area contributed by atoms with Crippen LogP contribution < -0.4 is 0 Å². The van der Waals surface area contributed by atoms with Crippen molar-refractivity contribution in [1.82, 2.24) is 4.90 Å². The van der Waals surface area contributed by atoms with Crippen molar-refractivity contribution in [3.8, 4) is 0 Å². The summed E-state index contributed by atoms with van der Waals surface area (Å²) in [4.78, 5) is 26.2. The van der Waals surface area contributed by atoms with E-state index in [1.165, 1.54) is 4.90 Å². The van der Waals surface area contributed by atoms with Gasteiger partial charge in [0.05, 0.1) is 43.6 Å². The fraction of sp³-hybridized carbons (Fsp3) is 0.500. The lowest BCUT2D eigenvalue weighted by molar-refractivity contribution is -0.215. The average Bonchev–Trinajstić information content (AvgIpc) is 2.82. The lowest BCUT2D eigenvalue weighted by Gasteiger charge is -2.28. The Balaban J connectivity index is 1.69. The maximum absolute atomic E-state index is 12.5. The molecule has 1 saturated heterocycles. The Hall–Kier alpha value is -1.76. The molecule has 0 aliphatic carbocycles. The van der Waals surface area contributed by atoms with Gasteiger partial charge in [-0.3, -0.25) is 14.5 Å². The van der Waals surface area contributed by atoms with E-state index >= 15 is 0 Å². The number of imide groups is 1. The SMILES string of the molecule is CCC(COC1COCCO1)N1C(=O)c2ccccc2C1=O. The zero-order valence-electron chi connectivity index (χ0n) is 12.5. The first-order valence-corrected chi connectivity index (χ1v) is 7.50. The highest BCUT2D eigenvalue weighted by molar-refractivity contribution is 6.21. The van der Waals surface area contributed by atoms with Crippen molar-refractivity contribution in [2.45, 2.75) is 25.7 Å². The molecule has 6 heteroatoms. The van der Waals surface area contributed by atoms with E-state index in [-0.39, 0.29) is 24.5 Å². The van der Waals surface area contributed by atoms with Crippen LogP contribution in [0.25, 0.3) is 0 Å². The molecule has 22 heavy (non-hydrogen) atoms. The average molecular weight is 305 g/mol. The second kappa shape index (κ2) is 6.56. The van der Waals surface area contributed by atoms with Crippen LogP contribution in [0, 0.1) is 0 Å². The van der Waals surface area contributed by atoms with E-state index in [4.69, 9.17) is 14.2 Å². The molecule has 3 rings (SSSR count). The molecule has 118 valence electrons. The van der Waals surface area contributed by atoms with Gasteiger partial charge in [-0.2, -0.15) is 0 Å². The van der Waals surface area contributed by atoms with E-state index in [0.29, 0.717) is 37.4 Å². The van der Waals surface area contributed by atoms with Crippen molar-refractivity contribution < 1.29 is 23.8 Å². The molecule has 1 fully saturated rings. The number of carbonyl (C=O) groups excluding carboxylic acids is 2. The van der Waals surface area contributed by atoms with Gasteiger partial charge in [0.25, 0.3) is 11.8 Å². The molecule has 2 aliphatic heterocycles. The van der Waals surface area contributed by atoms with Gasteiger partial charge < -0.3 is 14.2 Å². The molecule has 0 aromatic heterocycles. The van der Waals surface area contributed by atoms with Crippen LogP contribution in [-0.4, -0.2) is 55.5 Å². The summed E-state index contributed by atoms with van der Waals surface area (Å²) in [5, 5.41) is 0. The summed E-state index contributed by atoms with van der Waals surface area (Å²) >= 11 is 0. The predicted molar refractivity (Wildman–Crippen MR) is 77.5 cm³/mol. The third kappa shape index (κ3) is 2.77. The van der Waals surface area contributed by atoms with E-state index in [1.54, 1.807) is 24.3 Å². The molecule has 2 amide bonds. The van der Waals surface area contributed by atoms with Crippen LogP contribution in [0.15, 0.2) is 24.3 Å². The molecule has 2 heterocycles. The lowest BCUT2D eigenvalue weighted by atomic mass is 10.1. The van der Waals surface area contributed by atoms with Gasteiger partial charge in [0.2, 0.25) is 0 Å². The van der Waals surface area contributed by atoms with Gasteiger partial charge in [-0.25, -0.2) is 0 Å². The molecule has 0 saturated carbocycles. The molecule has 0 N–H and O–H groups in total. The number of hydrogen-bond acceptors (Lipinski definition) is 5. The van der Waals surface area contributed by atoms with Crippen molar-refractivity contribution in [1.29, 1.82) is 0 Å². The van der Waals surface area contributed by atoms with Gasteiger partial charge in [-0.15, -0.1) is 0 Å². The molecular weight excluding hydrogens is 286 g/mol. The molecule has 0 spiro atoms. The summed E-state index contributed by atoms with van der Waals surface area (Å²) in [5.41, 5.74) is 0.923. The van der Waals surface area contributed by atoms with Crippen LogP contribution in [-0.2, 0) is 14.2 Å². The van der Waals surface area contributed by atoms with Crippen LogP contribution in [0.1, 0.15) is 34.1 Å². The van der Waals surface area contributed by atoms with Gasteiger partial charge >= 0.3 is 0 Å². The summed E-state index contributed by atoms with van der Waals surface area (Å²) in [5.74, 6) is -0.506. The smallest absolute Gasteiger partial charge is 0.261 e. The highest BCUT2D eigenvalue weighted by atomic mass is 16.7. The molecular formula is C16H19NO5. The molecule has 0 radical (unpaired) electrons. The van der Waals surface area contributed by atoms with Crippen molar-refractivity contribution in [2.75, 3.05) is 26.4 Å². The second-order valence-electron chi connectivity index (χ2n) is 5.30. The van der Waals surface area contributed by atoms with Crippen LogP contribution in [0.5, 0.6) is 0 Å². The normalized spacial score (nSPS) is 22.8. The number of amides is 2. The van der Waals surface area contributed by atoms with E-state index in [9.17, 15) is 9.59 Å². The third-order valence-corrected chi connectivity index (χ3v) is 3.92. The van der Waals surface area contributed by atoms with Crippen LogP contribution in [0.4, 0.5) is 0 Å². The third-order valence-electron chi connectivity index (χ3n) is 3.92. The van der Waals surface area contributed by atoms with Gasteiger partial charge in [0.15, 0.2) is 6.29 Å². The molecule has 1 aromatic carbocycles. The Morgan fingerprint density at radius 2 is 1.91 bits per heavy atom. The first kappa shape index (κ1) is 15.1. The Morgan fingerprint density at radius 1 is 1.23 bits per heavy atom. The summed E-state index contributed by atoms with van der Waals surface area (Å²) in [6.45, 7) is 3.61. The maximum Gasteiger partial charge on any atom is 0.261 e. The molecule has 6 nitrogen and oxygen atoms in total. The van der Waals surface area contributed by atoms with E-state index in [0.717, 1.165) is 0 Å². The molecule has 0 bridgehead atoms. The predicted octanol–water partition coefficient (Wildman–Crippen LogP) is 1.45. The minimum Gasteiger partial charge on any atom is -0.374 e. The van der Waals surface area contributed by atoms with Crippen LogP contribution in [0.3, 0.4) is 0 Å². The lowest BCUT2D eigenvalue weighted by Crippen LogP contribution is -2.44. The van der Waals surface area contributed by atoms with E-state index in [1.807, 2.05) is 6.92 Å². The standard InChI is InChI=1S/C16H19NO5/c1-2-11(9-22-14-10-20-7-8-21-14)17-15(18)12-5-3-4-6-13(12)16(17)19/h3-6,11,14H,2,7-10H2,1H3. The fourth-order valence-corrected chi connectivity index (χ4v) is 2.70. The summed E-state index contributed by atoms with van der Waals surface area (Å²) < 4.78 is 16.3. The van der Waals surface area contributed by atoms with Crippen molar-refractivity contribution in [3.05, 3.63) is 35.4 Å². The van der Waals surface area contributed by atoms with Crippen molar-refractivity contribution in [3.63, 3.8) is 0 Å². The highest BCUT2D eigenvalue weighted by Gasteiger charge is 2.39. The number of nitrogens with zero attached hydrogens (tertiary/aromatic N) is 1. The Labute approximate surface area is 128 Å². The first-order valence-electron chi connectivity index (χ1n) is 7.50. The van der Waals surface area contributed by atoms with E-state index in [2.05, 4.69) is 0 Å². The Morgan fingerprint density at radius 3 is 2.45 bits per heavy atom. The minimum atomic E-state index is -0.432. The number of fused-ring (bicyclic) bond motifs is 1. The number of ether oxygens (including phenoxy) is 3. The maximum atomic E-state index is 12.5. The summed E-state index contributed by atoms with van der Waals surface area (Å²) in [6, 6.07) is 6.58. The van der Waals surface area contributed by atoms with Gasteiger partial charge in [-0.05, 0) is 18.6 Å². The largest absolute Gasteiger partial charge is 0.374 e. The number of rotatable bonds is 5. The topological polar surface area (TPSA) is 65.1 Å². The quantitative estimate of drug-likeness (QED) is 0.770. The van der Waals surface area contributed by atoms with Gasteiger partial charge in [0.1, 0.15) is 0 Å². The monoisotopic (exact) mass is 305 g/mol. The number of benzene rings is 1. The molecule has 2 atom stereocenters. The van der Waals surface area contributed by atoms with Crippen LogP contribution >= 0.6 is 0 Å². The van der Waals surface area contributed by atoms with Gasteiger partial charge in [-0.1, -0.05) is 19.1 Å². The number of carbonyl (C=O) groups is 2. The molecule has 1 aromatic rings. The second-order valence-corrected chi connectivity index (χ2v) is 5.30. The van der Waals surface area contributed by atoms with Crippen LogP contribution in [0.2, 0.25) is 0 Å². The highest BCUT2D eigenvalue weighted by Crippen LogP contribution is 2.25. The zero-order chi connectivity index (χ0) is 15.5. The molecule has 2 aliphatic rings. The minimum absolute atomic E-state index is 0.246. The van der Waals surface area contributed by atoms with Crippen molar-refractivity contribution >= 4 is 11.8 Å². The Kier molecular flexibility index (Phi) is 4.52. The Bertz CT molecular complexity index is 532. The van der Waals surface area contributed by atoms with Crippen molar-refractivity contribution in [2.24, 2.45) is 0 Å². The zero-order valence-corrected chi connectivity index (χ0v) is 12.5. The summed E-state index contributed by atoms with van der Waals surface area (Å²) in [6.07, 6.45) is 0.192.